The van der Waals surface area contributed by atoms with E-state index in [4.69, 9.17) is 5.84 Å². The molecule has 0 bridgehead atoms. The first-order valence-corrected chi connectivity index (χ1v) is 8.33. The van der Waals surface area contributed by atoms with Crippen LogP contribution in [0.5, 0.6) is 0 Å². The molecule has 0 aromatic heterocycles. The molecule has 3 nitrogen and oxygen atoms in total. The van der Waals surface area contributed by atoms with Gasteiger partial charge in [-0.05, 0) is 64.0 Å². The Morgan fingerprint density at radius 3 is 2.26 bits per heavy atom. The molecule has 1 aliphatic carbocycles. The minimum atomic E-state index is 0.233. The van der Waals surface area contributed by atoms with Crippen molar-refractivity contribution in [2.75, 3.05) is 13.1 Å². The molecule has 2 atom stereocenters. The maximum Gasteiger partial charge on any atom is 0.0420 e. The number of rotatable bonds is 5. The normalized spacial score (nSPS) is 34.1. The van der Waals surface area contributed by atoms with Gasteiger partial charge < -0.3 is 0 Å². The number of nitrogens with one attached hydrogen (secondary N) is 1. The van der Waals surface area contributed by atoms with Gasteiger partial charge in [-0.3, -0.25) is 16.2 Å². The highest BCUT2D eigenvalue weighted by Crippen LogP contribution is 2.38. The Kier molecular flexibility index (Phi) is 5.27. The van der Waals surface area contributed by atoms with Crippen molar-refractivity contribution in [2.45, 2.75) is 77.3 Å². The molecule has 0 aromatic rings. The molecule has 2 rings (SSSR count). The summed E-state index contributed by atoms with van der Waals surface area (Å²) in [6.45, 7) is 9.66. The SMILES string of the molecule is CCC(C)(C(NN)C1CCC(C)CC1)N1CCCC1. The molecule has 0 spiro atoms. The summed E-state index contributed by atoms with van der Waals surface area (Å²) >= 11 is 0. The zero-order valence-corrected chi connectivity index (χ0v) is 13.1. The van der Waals surface area contributed by atoms with E-state index in [1.54, 1.807) is 0 Å². The van der Waals surface area contributed by atoms with Crippen molar-refractivity contribution in [1.82, 2.24) is 10.3 Å². The average molecular weight is 267 g/mol. The Labute approximate surface area is 119 Å². The smallest absolute Gasteiger partial charge is 0.0420 e. The van der Waals surface area contributed by atoms with Gasteiger partial charge in [-0.25, -0.2) is 0 Å². The molecule has 112 valence electrons. The molecular weight excluding hydrogens is 234 g/mol. The predicted molar refractivity (Wildman–Crippen MR) is 81.7 cm³/mol. The highest BCUT2D eigenvalue weighted by molar-refractivity contribution is 5.00. The van der Waals surface area contributed by atoms with Crippen molar-refractivity contribution in [1.29, 1.82) is 0 Å². The Balaban J connectivity index is 2.08. The van der Waals surface area contributed by atoms with Crippen LogP contribution in [-0.4, -0.2) is 29.6 Å². The van der Waals surface area contributed by atoms with E-state index in [1.165, 1.54) is 58.0 Å². The second-order valence-corrected chi connectivity index (χ2v) is 7.07. The highest BCUT2D eigenvalue weighted by Gasteiger charge is 2.43. The third kappa shape index (κ3) is 3.14. The number of hydrazine groups is 1. The fourth-order valence-electron chi connectivity index (χ4n) is 4.31. The van der Waals surface area contributed by atoms with E-state index in [2.05, 4.69) is 31.1 Å². The minimum Gasteiger partial charge on any atom is -0.296 e. The fourth-order valence-corrected chi connectivity index (χ4v) is 4.31. The number of likely N-dealkylation sites (tertiary alicyclic amines) is 1. The first kappa shape index (κ1) is 15.3. The van der Waals surface area contributed by atoms with Gasteiger partial charge in [-0.2, -0.15) is 0 Å². The molecule has 1 saturated carbocycles. The molecule has 0 amide bonds. The lowest BCUT2D eigenvalue weighted by molar-refractivity contribution is 0.0431. The van der Waals surface area contributed by atoms with Crippen LogP contribution in [-0.2, 0) is 0 Å². The Bertz CT molecular complexity index is 267. The van der Waals surface area contributed by atoms with E-state index in [1.807, 2.05) is 0 Å². The fraction of sp³-hybridized carbons (Fsp3) is 1.00. The van der Waals surface area contributed by atoms with E-state index in [9.17, 15) is 0 Å². The Hall–Kier alpha value is -0.120. The molecular formula is C16H33N3. The van der Waals surface area contributed by atoms with Gasteiger partial charge in [0.25, 0.3) is 0 Å². The van der Waals surface area contributed by atoms with Crippen molar-refractivity contribution in [3.63, 3.8) is 0 Å². The molecule has 3 N–H and O–H groups in total. The standard InChI is InChI=1S/C16H33N3/c1-4-16(3,19-11-5-6-12-19)15(18-17)14-9-7-13(2)8-10-14/h13-15,18H,4-12,17H2,1-3H3. The summed E-state index contributed by atoms with van der Waals surface area (Å²) in [5.74, 6) is 7.66. The largest absolute Gasteiger partial charge is 0.296 e. The molecule has 1 heterocycles. The van der Waals surface area contributed by atoms with Crippen LogP contribution in [0.4, 0.5) is 0 Å². The summed E-state index contributed by atoms with van der Waals surface area (Å²) in [7, 11) is 0. The van der Waals surface area contributed by atoms with Crippen molar-refractivity contribution >= 4 is 0 Å². The first-order valence-electron chi connectivity index (χ1n) is 8.33. The lowest BCUT2D eigenvalue weighted by atomic mass is 9.72. The van der Waals surface area contributed by atoms with E-state index in [-0.39, 0.29) is 5.54 Å². The average Bonchev–Trinajstić information content (AvgIpc) is 2.96. The number of hydrogen-bond acceptors (Lipinski definition) is 3. The van der Waals surface area contributed by atoms with Crippen LogP contribution in [0.25, 0.3) is 0 Å². The van der Waals surface area contributed by atoms with Crippen molar-refractivity contribution < 1.29 is 0 Å². The van der Waals surface area contributed by atoms with E-state index >= 15 is 0 Å². The maximum absolute atomic E-state index is 5.99. The van der Waals surface area contributed by atoms with Gasteiger partial charge in [-0.15, -0.1) is 0 Å². The van der Waals surface area contributed by atoms with Crippen LogP contribution in [0.3, 0.4) is 0 Å². The molecule has 3 heteroatoms. The molecule has 1 saturated heterocycles. The van der Waals surface area contributed by atoms with Crippen LogP contribution in [0.2, 0.25) is 0 Å². The molecule has 2 unspecified atom stereocenters. The molecule has 2 fully saturated rings. The lowest BCUT2D eigenvalue weighted by Gasteiger charge is -2.48. The number of hydrogen-bond donors (Lipinski definition) is 2. The number of nitrogens with zero attached hydrogens (tertiary/aromatic N) is 1. The van der Waals surface area contributed by atoms with Crippen molar-refractivity contribution in [2.24, 2.45) is 17.7 Å². The van der Waals surface area contributed by atoms with Gasteiger partial charge in [-0.1, -0.05) is 26.7 Å². The molecule has 0 radical (unpaired) electrons. The summed E-state index contributed by atoms with van der Waals surface area (Å²) in [6, 6.07) is 0.447. The van der Waals surface area contributed by atoms with Gasteiger partial charge in [0.2, 0.25) is 0 Å². The first-order chi connectivity index (χ1) is 9.11. The van der Waals surface area contributed by atoms with Gasteiger partial charge >= 0.3 is 0 Å². The van der Waals surface area contributed by atoms with Gasteiger partial charge in [0.1, 0.15) is 0 Å². The van der Waals surface area contributed by atoms with E-state index in [0.29, 0.717) is 6.04 Å². The van der Waals surface area contributed by atoms with Crippen LogP contribution >= 0.6 is 0 Å². The second-order valence-electron chi connectivity index (χ2n) is 7.07. The van der Waals surface area contributed by atoms with E-state index < -0.39 is 0 Å². The Morgan fingerprint density at radius 1 is 1.21 bits per heavy atom. The summed E-state index contributed by atoms with van der Waals surface area (Å²) in [4.78, 5) is 2.69. The third-order valence-electron chi connectivity index (χ3n) is 5.93. The van der Waals surface area contributed by atoms with Gasteiger partial charge in [0, 0.05) is 11.6 Å². The zero-order chi connectivity index (χ0) is 13.9. The summed E-state index contributed by atoms with van der Waals surface area (Å²) in [5, 5.41) is 0. The van der Waals surface area contributed by atoms with Crippen molar-refractivity contribution in [3.8, 4) is 0 Å². The zero-order valence-electron chi connectivity index (χ0n) is 13.1. The van der Waals surface area contributed by atoms with Crippen LogP contribution < -0.4 is 11.3 Å². The second kappa shape index (κ2) is 6.55. The monoisotopic (exact) mass is 267 g/mol. The summed E-state index contributed by atoms with van der Waals surface area (Å²) in [5.41, 5.74) is 3.45. The van der Waals surface area contributed by atoms with Crippen LogP contribution in [0, 0.1) is 11.8 Å². The summed E-state index contributed by atoms with van der Waals surface area (Å²) in [6.07, 6.45) is 9.35. The lowest BCUT2D eigenvalue weighted by Crippen LogP contribution is -2.63. The van der Waals surface area contributed by atoms with Gasteiger partial charge in [0.15, 0.2) is 0 Å². The molecule has 0 aromatic carbocycles. The van der Waals surface area contributed by atoms with Gasteiger partial charge in [0.05, 0.1) is 0 Å². The number of nitrogens with two attached hydrogens (primary N) is 1. The molecule has 19 heavy (non-hydrogen) atoms. The highest BCUT2D eigenvalue weighted by atomic mass is 15.3. The predicted octanol–water partition coefficient (Wildman–Crippen LogP) is 2.91. The van der Waals surface area contributed by atoms with E-state index in [0.717, 1.165) is 11.8 Å². The van der Waals surface area contributed by atoms with Crippen molar-refractivity contribution in [3.05, 3.63) is 0 Å². The molecule has 2 aliphatic rings. The maximum atomic E-state index is 5.99. The quantitative estimate of drug-likeness (QED) is 0.594. The van der Waals surface area contributed by atoms with Crippen LogP contribution in [0.15, 0.2) is 0 Å². The third-order valence-corrected chi connectivity index (χ3v) is 5.93. The molecule has 1 aliphatic heterocycles. The Morgan fingerprint density at radius 2 is 1.79 bits per heavy atom. The summed E-state index contributed by atoms with van der Waals surface area (Å²) < 4.78 is 0. The minimum absolute atomic E-state index is 0.233. The van der Waals surface area contributed by atoms with Crippen LogP contribution in [0.1, 0.15) is 65.7 Å². The topological polar surface area (TPSA) is 41.3 Å².